The van der Waals surface area contributed by atoms with Crippen LogP contribution in [0.3, 0.4) is 0 Å². The first-order chi connectivity index (χ1) is 16.5. The summed E-state index contributed by atoms with van der Waals surface area (Å²) in [5, 5.41) is 4.04. The van der Waals surface area contributed by atoms with Crippen molar-refractivity contribution in [1.82, 2.24) is 15.2 Å². The van der Waals surface area contributed by atoms with E-state index in [1.807, 2.05) is 48.7 Å². The zero-order chi connectivity index (χ0) is 24.1. The molecule has 0 atom stereocenters. The first-order valence-electron chi connectivity index (χ1n) is 10.8. The third-order valence-corrected chi connectivity index (χ3v) is 6.92. The van der Waals surface area contributed by atoms with Crippen molar-refractivity contribution in [1.29, 1.82) is 0 Å². The van der Waals surface area contributed by atoms with E-state index in [9.17, 15) is 9.59 Å². The van der Waals surface area contributed by atoms with E-state index in [2.05, 4.69) is 10.3 Å². The SMILES string of the molecule is COc1ccc(C=C2SC(=S)N(CCC(=O)NCCc3c[nH]c4cc(OC)ccc34)C2=O)cc1. The van der Waals surface area contributed by atoms with Gasteiger partial charge in [-0.05, 0) is 47.9 Å². The lowest BCUT2D eigenvalue weighted by atomic mass is 10.1. The van der Waals surface area contributed by atoms with E-state index in [0.29, 0.717) is 22.2 Å². The molecule has 0 radical (unpaired) electrons. The summed E-state index contributed by atoms with van der Waals surface area (Å²) in [5.41, 5.74) is 3.01. The van der Waals surface area contributed by atoms with Gasteiger partial charge in [0.2, 0.25) is 5.91 Å². The summed E-state index contributed by atoms with van der Waals surface area (Å²) >= 11 is 6.62. The number of nitrogens with zero attached hydrogens (tertiary/aromatic N) is 1. The van der Waals surface area contributed by atoms with Crippen LogP contribution in [0.1, 0.15) is 17.5 Å². The molecule has 1 aliphatic rings. The van der Waals surface area contributed by atoms with E-state index >= 15 is 0 Å². The first kappa shape index (κ1) is 23.8. The molecule has 1 saturated heterocycles. The molecule has 34 heavy (non-hydrogen) atoms. The summed E-state index contributed by atoms with van der Waals surface area (Å²) in [6.07, 6.45) is 4.64. The van der Waals surface area contributed by atoms with Gasteiger partial charge in [0.1, 0.15) is 15.8 Å². The van der Waals surface area contributed by atoms with Gasteiger partial charge in [-0.15, -0.1) is 0 Å². The number of ether oxygens (including phenoxy) is 2. The molecule has 9 heteroatoms. The van der Waals surface area contributed by atoms with Crippen molar-refractivity contribution in [2.75, 3.05) is 27.3 Å². The van der Waals surface area contributed by atoms with E-state index in [0.717, 1.165) is 33.5 Å². The van der Waals surface area contributed by atoms with Gasteiger partial charge in [0.05, 0.1) is 19.1 Å². The van der Waals surface area contributed by atoms with Crippen molar-refractivity contribution in [3.05, 3.63) is 64.7 Å². The Hall–Kier alpha value is -3.30. The smallest absolute Gasteiger partial charge is 0.266 e. The molecule has 1 aromatic heterocycles. The monoisotopic (exact) mass is 495 g/mol. The number of amides is 2. The number of carbonyl (C=O) groups is 2. The number of thiocarbonyl (C=S) groups is 1. The van der Waals surface area contributed by atoms with Crippen LogP contribution in [0.2, 0.25) is 0 Å². The molecular formula is C25H25N3O4S2. The summed E-state index contributed by atoms with van der Waals surface area (Å²) in [7, 11) is 3.25. The number of rotatable bonds is 9. The normalized spacial score (nSPS) is 14.8. The van der Waals surface area contributed by atoms with Gasteiger partial charge in [0.25, 0.3) is 5.91 Å². The van der Waals surface area contributed by atoms with Gasteiger partial charge in [-0.1, -0.05) is 36.1 Å². The van der Waals surface area contributed by atoms with Crippen molar-refractivity contribution in [2.45, 2.75) is 12.8 Å². The first-order valence-corrected chi connectivity index (χ1v) is 12.0. The predicted octanol–water partition coefficient (Wildman–Crippen LogP) is 4.14. The molecule has 176 valence electrons. The molecule has 2 aromatic carbocycles. The van der Waals surface area contributed by atoms with E-state index in [1.165, 1.54) is 16.7 Å². The lowest BCUT2D eigenvalue weighted by Crippen LogP contribution is -2.34. The number of benzene rings is 2. The third kappa shape index (κ3) is 5.43. The second-order valence-electron chi connectivity index (χ2n) is 7.68. The van der Waals surface area contributed by atoms with E-state index in [4.69, 9.17) is 21.7 Å². The number of H-pyrrole nitrogens is 1. The van der Waals surface area contributed by atoms with E-state index in [1.54, 1.807) is 20.3 Å². The molecule has 0 aliphatic carbocycles. The fourth-order valence-corrected chi connectivity index (χ4v) is 4.99. The molecule has 2 amide bonds. The molecule has 2 heterocycles. The standard InChI is InChI=1S/C25H25N3O4S2/c1-31-18-5-3-16(4-6-18)13-22-24(30)28(25(33)34-22)12-10-23(29)26-11-9-17-15-27-21-14-19(32-2)7-8-20(17)21/h3-8,13-15,27H,9-12H2,1-2H3,(H,26,29). The highest BCUT2D eigenvalue weighted by molar-refractivity contribution is 8.26. The van der Waals surface area contributed by atoms with Crippen LogP contribution in [-0.2, 0) is 16.0 Å². The van der Waals surface area contributed by atoms with Crippen LogP contribution in [0.4, 0.5) is 0 Å². The van der Waals surface area contributed by atoms with Gasteiger partial charge in [-0.3, -0.25) is 14.5 Å². The highest BCUT2D eigenvalue weighted by atomic mass is 32.2. The van der Waals surface area contributed by atoms with Crippen LogP contribution >= 0.6 is 24.0 Å². The number of hydrogen-bond donors (Lipinski definition) is 2. The van der Waals surface area contributed by atoms with Crippen LogP contribution in [-0.4, -0.2) is 53.3 Å². The van der Waals surface area contributed by atoms with Crippen LogP contribution in [0.15, 0.2) is 53.6 Å². The predicted molar refractivity (Wildman–Crippen MR) is 139 cm³/mol. The Morgan fingerprint density at radius 2 is 1.88 bits per heavy atom. The number of hydrogen-bond acceptors (Lipinski definition) is 6. The second kappa shape index (κ2) is 10.8. The molecule has 0 saturated carbocycles. The molecule has 0 unspecified atom stereocenters. The fourth-order valence-electron chi connectivity index (χ4n) is 3.68. The maximum atomic E-state index is 12.8. The number of thioether (sulfide) groups is 1. The molecule has 7 nitrogen and oxygen atoms in total. The number of carbonyl (C=O) groups excluding carboxylic acids is 2. The third-order valence-electron chi connectivity index (χ3n) is 5.54. The van der Waals surface area contributed by atoms with Gasteiger partial charge in [0, 0.05) is 42.7 Å². The average molecular weight is 496 g/mol. The topological polar surface area (TPSA) is 83.7 Å². The quantitative estimate of drug-likeness (QED) is 0.343. The lowest BCUT2D eigenvalue weighted by molar-refractivity contribution is -0.123. The number of fused-ring (bicyclic) bond motifs is 1. The van der Waals surface area contributed by atoms with Crippen molar-refractivity contribution >= 4 is 57.1 Å². The highest BCUT2D eigenvalue weighted by Gasteiger charge is 2.32. The Bertz CT molecular complexity index is 1250. The zero-order valence-electron chi connectivity index (χ0n) is 18.9. The lowest BCUT2D eigenvalue weighted by Gasteiger charge is -2.14. The Morgan fingerprint density at radius 1 is 1.15 bits per heavy atom. The Morgan fingerprint density at radius 3 is 2.62 bits per heavy atom. The molecule has 3 aromatic rings. The maximum absolute atomic E-state index is 12.8. The van der Waals surface area contributed by atoms with Crippen molar-refractivity contribution in [3.63, 3.8) is 0 Å². The summed E-state index contributed by atoms with van der Waals surface area (Å²) in [6.45, 7) is 0.761. The number of aromatic amines is 1. The van der Waals surface area contributed by atoms with Crippen LogP contribution in [0, 0.1) is 0 Å². The Labute approximate surface area is 207 Å². The molecular weight excluding hydrogens is 470 g/mol. The van der Waals surface area contributed by atoms with Crippen molar-refractivity contribution < 1.29 is 19.1 Å². The number of methoxy groups -OCH3 is 2. The number of aromatic nitrogens is 1. The molecule has 2 N–H and O–H groups in total. The van der Waals surface area contributed by atoms with Gasteiger partial charge >= 0.3 is 0 Å². The molecule has 4 rings (SSSR count). The Kier molecular flexibility index (Phi) is 7.54. The minimum Gasteiger partial charge on any atom is -0.497 e. The van der Waals surface area contributed by atoms with Crippen LogP contribution in [0.5, 0.6) is 11.5 Å². The second-order valence-corrected chi connectivity index (χ2v) is 9.36. The summed E-state index contributed by atoms with van der Waals surface area (Å²) in [4.78, 5) is 30.4. The minimum atomic E-state index is -0.173. The van der Waals surface area contributed by atoms with Gasteiger partial charge in [0.15, 0.2) is 0 Å². The molecule has 0 spiro atoms. The largest absolute Gasteiger partial charge is 0.497 e. The van der Waals surface area contributed by atoms with Gasteiger partial charge < -0.3 is 19.8 Å². The van der Waals surface area contributed by atoms with Gasteiger partial charge in [-0.2, -0.15) is 0 Å². The van der Waals surface area contributed by atoms with Crippen LogP contribution < -0.4 is 14.8 Å². The Balaban J connectivity index is 1.27. The maximum Gasteiger partial charge on any atom is 0.266 e. The summed E-state index contributed by atoms with van der Waals surface area (Å²) < 4.78 is 10.9. The summed E-state index contributed by atoms with van der Waals surface area (Å²) in [5.74, 6) is 1.26. The highest BCUT2D eigenvalue weighted by Crippen LogP contribution is 2.32. The number of nitrogens with one attached hydrogen (secondary N) is 2. The zero-order valence-corrected chi connectivity index (χ0v) is 20.6. The van der Waals surface area contributed by atoms with E-state index < -0.39 is 0 Å². The molecule has 1 fully saturated rings. The minimum absolute atomic E-state index is 0.116. The van der Waals surface area contributed by atoms with Gasteiger partial charge in [-0.25, -0.2) is 0 Å². The summed E-state index contributed by atoms with van der Waals surface area (Å²) in [6, 6.07) is 13.3. The molecule has 0 bridgehead atoms. The van der Waals surface area contributed by atoms with Crippen molar-refractivity contribution in [3.8, 4) is 11.5 Å². The molecule has 1 aliphatic heterocycles. The van der Waals surface area contributed by atoms with E-state index in [-0.39, 0.29) is 24.8 Å². The average Bonchev–Trinajstić information content (AvgIpc) is 3.37. The fraction of sp³-hybridized carbons (Fsp3) is 0.240. The van der Waals surface area contributed by atoms with Crippen LogP contribution in [0.25, 0.3) is 17.0 Å². The van der Waals surface area contributed by atoms with Crippen molar-refractivity contribution in [2.24, 2.45) is 0 Å².